The molecular weight excluding hydrogens is 200 g/mol. The summed E-state index contributed by atoms with van der Waals surface area (Å²) in [6, 6.07) is 9.25. The highest BCUT2D eigenvalue weighted by Crippen LogP contribution is 2.01. The van der Waals surface area contributed by atoms with Crippen LogP contribution in [0.2, 0.25) is 0 Å². The molecule has 0 saturated heterocycles. The summed E-state index contributed by atoms with van der Waals surface area (Å²) >= 11 is 0. The summed E-state index contributed by atoms with van der Waals surface area (Å²) in [6.45, 7) is 6.07. The molecule has 0 aliphatic heterocycles. The number of carbonyl (C=O) groups is 1. The number of amides is 1. The highest BCUT2D eigenvalue weighted by atomic mass is 16.2. The van der Waals surface area contributed by atoms with Crippen LogP contribution < -0.4 is 11.1 Å². The van der Waals surface area contributed by atoms with Gasteiger partial charge in [-0.3, -0.25) is 4.79 Å². The van der Waals surface area contributed by atoms with E-state index >= 15 is 0 Å². The molecule has 0 fully saturated rings. The SMILES string of the molecule is C=C(C)CNC(=O)[C@H](N)Cc1ccccc1. The van der Waals surface area contributed by atoms with Gasteiger partial charge in [0.05, 0.1) is 6.04 Å². The lowest BCUT2D eigenvalue weighted by atomic mass is 10.1. The number of carbonyl (C=O) groups excluding carboxylic acids is 1. The van der Waals surface area contributed by atoms with E-state index < -0.39 is 6.04 Å². The molecule has 86 valence electrons. The molecule has 0 radical (unpaired) electrons. The molecule has 3 nitrogen and oxygen atoms in total. The molecule has 1 aromatic carbocycles. The fraction of sp³-hybridized carbons (Fsp3) is 0.308. The van der Waals surface area contributed by atoms with Crippen molar-refractivity contribution in [1.29, 1.82) is 0 Å². The van der Waals surface area contributed by atoms with Crippen LogP contribution in [0.4, 0.5) is 0 Å². The topological polar surface area (TPSA) is 55.1 Å². The van der Waals surface area contributed by atoms with Gasteiger partial charge >= 0.3 is 0 Å². The van der Waals surface area contributed by atoms with E-state index in [-0.39, 0.29) is 5.91 Å². The third kappa shape index (κ3) is 4.28. The van der Waals surface area contributed by atoms with Gasteiger partial charge in [0.25, 0.3) is 0 Å². The molecule has 0 bridgehead atoms. The number of rotatable bonds is 5. The molecule has 0 aliphatic carbocycles. The smallest absolute Gasteiger partial charge is 0.237 e. The number of nitrogens with one attached hydrogen (secondary N) is 1. The van der Waals surface area contributed by atoms with Crippen LogP contribution in [0.15, 0.2) is 42.5 Å². The Morgan fingerprint density at radius 3 is 2.62 bits per heavy atom. The van der Waals surface area contributed by atoms with E-state index in [0.717, 1.165) is 11.1 Å². The predicted molar refractivity (Wildman–Crippen MR) is 65.9 cm³/mol. The summed E-state index contributed by atoms with van der Waals surface area (Å²) in [6.07, 6.45) is 0.558. The maximum absolute atomic E-state index is 11.6. The number of nitrogens with two attached hydrogens (primary N) is 1. The molecule has 1 atom stereocenters. The van der Waals surface area contributed by atoms with E-state index in [1.165, 1.54) is 0 Å². The average Bonchev–Trinajstić information content (AvgIpc) is 2.27. The zero-order chi connectivity index (χ0) is 12.0. The summed E-state index contributed by atoms with van der Waals surface area (Å²) < 4.78 is 0. The van der Waals surface area contributed by atoms with Crippen LogP contribution in [0.25, 0.3) is 0 Å². The minimum Gasteiger partial charge on any atom is -0.351 e. The molecule has 0 spiro atoms. The van der Waals surface area contributed by atoms with Crippen LogP contribution in [-0.2, 0) is 11.2 Å². The van der Waals surface area contributed by atoms with Crippen LogP contribution >= 0.6 is 0 Å². The first-order valence-corrected chi connectivity index (χ1v) is 5.31. The molecule has 0 aliphatic rings. The van der Waals surface area contributed by atoms with E-state index in [4.69, 9.17) is 5.73 Å². The summed E-state index contributed by atoms with van der Waals surface area (Å²) in [4.78, 5) is 11.6. The Morgan fingerprint density at radius 2 is 2.06 bits per heavy atom. The van der Waals surface area contributed by atoms with Gasteiger partial charge in [-0.25, -0.2) is 0 Å². The predicted octanol–water partition coefficient (Wildman–Crippen LogP) is 1.25. The second-order valence-electron chi connectivity index (χ2n) is 3.97. The van der Waals surface area contributed by atoms with Gasteiger partial charge in [-0.2, -0.15) is 0 Å². The summed E-state index contributed by atoms with van der Waals surface area (Å²) in [7, 11) is 0. The molecular formula is C13H18N2O. The van der Waals surface area contributed by atoms with Gasteiger partial charge in [-0.05, 0) is 18.9 Å². The summed E-state index contributed by atoms with van der Waals surface area (Å²) in [5.41, 5.74) is 7.78. The van der Waals surface area contributed by atoms with Crippen molar-refractivity contribution in [2.24, 2.45) is 5.73 Å². The van der Waals surface area contributed by atoms with Gasteiger partial charge < -0.3 is 11.1 Å². The molecule has 1 aromatic rings. The van der Waals surface area contributed by atoms with Gasteiger partial charge in [-0.15, -0.1) is 0 Å². The maximum Gasteiger partial charge on any atom is 0.237 e. The van der Waals surface area contributed by atoms with Crippen molar-refractivity contribution >= 4 is 5.91 Å². The molecule has 0 unspecified atom stereocenters. The largest absolute Gasteiger partial charge is 0.351 e. The van der Waals surface area contributed by atoms with Gasteiger partial charge in [0.1, 0.15) is 0 Å². The van der Waals surface area contributed by atoms with E-state index in [1.807, 2.05) is 37.3 Å². The number of hydrogen-bond acceptors (Lipinski definition) is 2. The third-order valence-corrected chi connectivity index (χ3v) is 2.20. The van der Waals surface area contributed by atoms with Gasteiger partial charge in [-0.1, -0.05) is 42.5 Å². The highest BCUT2D eigenvalue weighted by Gasteiger charge is 2.12. The van der Waals surface area contributed by atoms with Gasteiger partial charge in [0.15, 0.2) is 0 Å². The first-order valence-electron chi connectivity index (χ1n) is 5.31. The molecule has 1 rings (SSSR count). The Balaban J connectivity index is 2.43. The molecule has 16 heavy (non-hydrogen) atoms. The van der Waals surface area contributed by atoms with Gasteiger partial charge in [0.2, 0.25) is 5.91 Å². The summed E-state index contributed by atoms with van der Waals surface area (Å²) in [5, 5.41) is 2.74. The van der Waals surface area contributed by atoms with E-state index in [2.05, 4.69) is 11.9 Å². The minimum absolute atomic E-state index is 0.133. The zero-order valence-corrected chi connectivity index (χ0v) is 9.57. The van der Waals surface area contributed by atoms with Crippen molar-refractivity contribution in [2.75, 3.05) is 6.54 Å². The van der Waals surface area contributed by atoms with Crippen molar-refractivity contribution in [3.05, 3.63) is 48.0 Å². The Bertz CT molecular complexity index is 359. The van der Waals surface area contributed by atoms with Crippen molar-refractivity contribution in [2.45, 2.75) is 19.4 Å². The average molecular weight is 218 g/mol. The monoisotopic (exact) mass is 218 g/mol. The van der Waals surface area contributed by atoms with Crippen LogP contribution in [0.5, 0.6) is 0 Å². The highest BCUT2D eigenvalue weighted by molar-refractivity contribution is 5.82. The third-order valence-electron chi connectivity index (χ3n) is 2.20. The molecule has 0 heterocycles. The molecule has 0 aromatic heterocycles. The first-order chi connectivity index (χ1) is 7.59. The first kappa shape index (κ1) is 12.5. The van der Waals surface area contributed by atoms with Crippen LogP contribution in [0.3, 0.4) is 0 Å². The standard InChI is InChI=1S/C13H18N2O/c1-10(2)9-15-13(16)12(14)8-11-6-4-3-5-7-11/h3-7,12H,1,8-9,14H2,2H3,(H,15,16)/t12-/m1/s1. The number of hydrogen-bond donors (Lipinski definition) is 2. The summed E-state index contributed by atoms with van der Waals surface area (Å²) in [5.74, 6) is -0.133. The quantitative estimate of drug-likeness (QED) is 0.731. The van der Waals surface area contributed by atoms with Crippen molar-refractivity contribution < 1.29 is 4.79 Å². The Kier molecular flexibility index (Phi) is 4.73. The second-order valence-corrected chi connectivity index (χ2v) is 3.97. The lowest BCUT2D eigenvalue weighted by molar-refractivity contribution is -0.122. The Labute approximate surface area is 96.3 Å². The molecule has 3 N–H and O–H groups in total. The van der Waals surface area contributed by atoms with E-state index in [1.54, 1.807) is 0 Å². The van der Waals surface area contributed by atoms with Crippen LogP contribution in [-0.4, -0.2) is 18.5 Å². The second kappa shape index (κ2) is 6.08. The van der Waals surface area contributed by atoms with Crippen LogP contribution in [0.1, 0.15) is 12.5 Å². The normalized spacial score (nSPS) is 11.9. The van der Waals surface area contributed by atoms with Crippen molar-refractivity contribution in [1.82, 2.24) is 5.32 Å². The fourth-order valence-corrected chi connectivity index (χ4v) is 1.33. The van der Waals surface area contributed by atoms with E-state index in [0.29, 0.717) is 13.0 Å². The number of benzene rings is 1. The van der Waals surface area contributed by atoms with Crippen molar-refractivity contribution in [3.63, 3.8) is 0 Å². The Morgan fingerprint density at radius 1 is 1.44 bits per heavy atom. The zero-order valence-electron chi connectivity index (χ0n) is 9.57. The fourth-order valence-electron chi connectivity index (χ4n) is 1.33. The molecule has 3 heteroatoms. The molecule has 0 saturated carbocycles. The molecule has 1 amide bonds. The minimum atomic E-state index is -0.498. The van der Waals surface area contributed by atoms with Crippen molar-refractivity contribution in [3.8, 4) is 0 Å². The lowest BCUT2D eigenvalue weighted by Crippen LogP contribution is -2.42. The van der Waals surface area contributed by atoms with Gasteiger partial charge in [0, 0.05) is 6.54 Å². The lowest BCUT2D eigenvalue weighted by Gasteiger charge is -2.12. The van der Waals surface area contributed by atoms with Crippen LogP contribution in [0, 0.1) is 0 Å². The van der Waals surface area contributed by atoms with E-state index in [9.17, 15) is 4.79 Å². The Hall–Kier alpha value is -1.61. The maximum atomic E-state index is 11.6.